The Morgan fingerprint density at radius 1 is 1.70 bits per heavy atom. The Hall–Kier alpha value is -0.840. The summed E-state index contributed by atoms with van der Waals surface area (Å²) in [5.41, 5.74) is 0. The summed E-state index contributed by atoms with van der Waals surface area (Å²) in [7, 11) is -2.46. The number of thiol groups is 1. The molecule has 4 nitrogen and oxygen atoms in total. The van der Waals surface area contributed by atoms with Gasteiger partial charge in [0.2, 0.25) is 0 Å². The highest BCUT2D eigenvalue weighted by molar-refractivity contribution is 7.72. The summed E-state index contributed by atoms with van der Waals surface area (Å²) in [5, 5.41) is 3.79. The monoisotopic (exact) mass is 160 g/mol. The molecule has 56 valence electrons. The molecule has 0 unspecified atom stereocenters. The Balaban J connectivity index is 2.99. The Kier molecular flexibility index (Phi) is 2.06. The zero-order valence-electron chi connectivity index (χ0n) is 5.52. The molecule has 1 aromatic rings. The van der Waals surface area contributed by atoms with Crippen molar-refractivity contribution in [2.45, 2.75) is 18.4 Å². The maximum Gasteiger partial charge on any atom is 0.171 e. The molecule has 0 fully saturated rings. The van der Waals surface area contributed by atoms with Gasteiger partial charge in [-0.25, -0.2) is 8.42 Å². The fourth-order valence-corrected chi connectivity index (χ4v) is 0.993. The van der Waals surface area contributed by atoms with Gasteiger partial charge in [0.15, 0.2) is 10.7 Å². The minimum atomic E-state index is -2.46. The SMILES string of the molecule is CCn1cc([SH](=O)=O)cn1. The first-order chi connectivity index (χ1) is 4.74. The van der Waals surface area contributed by atoms with Crippen LogP contribution in [0.3, 0.4) is 0 Å². The smallest absolute Gasteiger partial charge is 0.171 e. The van der Waals surface area contributed by atoms with Crippen LogP contribution in [0.1, 0.15) is 6.92 Å². The van der Waals surface area contributed by atoms with E-state index in [0.717, 1.165) is 0 Å². The van der Waals surface area contributed by atoms with Gasteiger partial charge in [0.05, 0.1) is 6.20 Å². The van der Waals surface area contributed by atoms with E-state index in [-0.39, 0.29) is 4.90 Å². The van der Waals surface area contributed by atoms with Crippen molar-refractivity contribution in [3.8, 4) is 0 Å². The first-order valence-corrected chi connectivity index (χ1v) is 4.08. The van der Waals surface area contributed by atoms with Gasteiger partial charge >= 0.3 is 0 Å². The van der Waals surface area contributed by atoms with Crippen molar-refractivity contribution in [1.29, 1.82) is 0 Å². The zero-order chi connectivity index (χ0) is 7.56. The lowest BCUT2D eigenvalue weighted by atomic mass is 10.7. The first kappa shape index (κ1) is 7.27. The van der Waals surface area contributed by atoms with E-state index in [1.807, 2.05) is 6.92 Å². The summed E-state index contributed by atoms with van der Waals surface area (Å²) in [6, 6.07) is 0. The van der Waals surface area contributed by atoms with Crippen molar-refractivity contribution in [2.75, 3.05) is 0 Å². The van der Waals surface area contributed by atoms with Gasteiger partial charge in [0.25, 0.3) is 0 Å². The van der Waals surface area contributed by atoms with Crippen LogP contribution in [0.2, 0.25) is 0 Å². The fraction of sp³-hybridized carbons (Fsp3) is 0.400. The van der Waals surface area contributed by atoms with Crippen molar-refractivity contribution < 1.29 is 8.42 Å². The van der Waals surface area contributed by atoms with Gasteiger partial charge in [0, 0.05) is 12.7 Å². The molecule has 0 radical (unpaired) electrons. The van der Waals surface area contributed by atoms with E-state index >= 15 is 0 Å². The Morgan fingerprint density at radius 2 is 2.40 bits per heavy atom. The van der Waals surface area contributed by atoms with Crippen molar-refractivity contribution in [2.24, 2.45) is 0 Å². The number of hydrogen-bond donors (Lipinski definition) is 1. The molecular weight excluding hydrogens is 152 g/mol. The average Bonchev–Trinajstić information content (AvgIpc) is 2.34. The third kappa shape index (κ3) is 1.36. The van der Waals surface area contributed by atoms with Gasteiger partial charge in [-0.15, -0.1) is 0 Å². The van der Waals surface area contributed by atoms with Crippen LogP contribution in [0.4, 0.5) is 0 Å². The molecule has 0 spiro atoms. The van der Waals surface area contributed by atoms with Gasteiger partial charge < -0.3 is 0 Å². The van der Waals surface area contributed by atoms with E-state index < -0.39 is 10.7 Å². The summed E-state index contributed by atoms with van der Waals surface area (Å²) in [4.78, 5) is 0.275. The standard InChI is InChI=1S/C5H8N2O2S/c1-2-7-4-5(3-6-7)10(8)9/h3-4,10H,2H2,1H3. The summed E-state index contributed by atoms with van der Waals surface area (Å²) in [6.45, 7) is 2.60. The summed E-state index contributed by atoms with van der Waals surface area (Å²) < 4.78 is 22.2. The van der Waals surface area contributed by atoms with E-state index in [1.54, 1.807) is 4.68 Å². The van der Waals surface area contributed by atoms with Crippen LogP contribution in [0.15, 0.2) is 17.3 Å². The minimum Gasteiger partial charge on any atom is -0.272 e. The molecule has 0 atom stereocenters. The molecule has 0 N–H and O–H groups in total. The number of rotatable bonds is 2. The van der Waals surface area contributed by atoms with E-state index in [4.69, 9.17) is 0 Å². The van der Waals surface area contributed by atoms with Crippen LogP contribution in [-0.4, -0.2) is 18.2 Å². The summed E-state index contributed by atoms with van der Waals surface area (Å²) in [6.07, 6.45) is 2.85. The Bertz CT molecular complexity index is 282. The molecule has 0 aliphatic rings. The zero-order valence-corrected chi connectivity index (χ0v) is 6.41. The normalized spacial score (nSPS) is 10.6. The molecular formula is C5H8N2O2S. The predicted octanol–water partition coefficient (Wildman–Crippen LogP) is -0.127. The van der Waals surface area contributed by atoms with Crippen LogP contribution >= 0.6 is 0 Å². The molecule has 1 rings (SSSR count). The summed E-state index contributed by atoms with van der Waals surface area (Å²) in [5.74, 6) is 0. The van der Waals surface area contributed by atoms with Gasteiger partial charge in [-0.05, 0) is 6.92 Å². The van der Waals surface area contributed by atoms with Crippen LogP contribution in [0.25, 0.3) is 0 Å². The van der Waals surface area contributed by atoms with Crippen LogP contribution in [-0.2, 0) is 17.2 Å². The van der Waals surface area contributed by atoms with E-state index in [1.165, 1.54) is 12.4 Å². The van der Waals surface area contributed by atoms with E-state index in [2.05, 4.69) is 5.10 Å². The molecule has 0 aliphatic carbocycles. The van der Waals surface area contributed by atoms with Crippen molar-refractivity contribution in [3.05, 3.63) is 12.4 Å². The lowest BCUT2D eigenvalue weighted by Crippen LogP contribution is -1.92. The Labute approximate surface area is 60.4 Å². The maximum absolute atomic E-state index is 10.3. The molecule has 0 bridgehead atoms. The molecule has 5 heteroatoms. The lowest BCUT2D eigenvalue weighted by Gasteiger charge is -1.88. The number of nitrogens with zero attached hydrogens (tertiary/aromatic N) is 2. The van der Waals surface area contributed by atoms with Crippen LogP contribution < -0.4 is 0 Å². The van der Waals surface area contributed by atoms with Gasteiger partial charge in [0.1, 0.15) is 4.90 Å². The highest BCUT2D eigenvalue weighted by atomic mass is 32.2. The third-order valence-electron chi connectivity index (χ3n) is 1.15. The van der Waals surface area contributed by atoms with Gasteiger partial charge in [-0.1, -0.05) is 0 Å². The average molecular weight is 160 g/mol. The molecule has 1 aromatic heterocycles. The van der Waals surface area contributed by atoms with Crippen molar-refractivity contribution in [3.63, 3.8) is 0 Å². The quantitative estimate of drug-likeness (QED) is 0.613. The number of hydrogen-bond acceptors (Lipinski definition) is 3. The molecule has 10 heavy (non-hydrogen) atoms. The third-order valence-corrected chi connectivity index (χ3v) is 1.81. The number of aryl methyl sites for hydroxylation is 1. The predicted molar refractivity (Wildman–Crippen MR) is 36.5 cm³/mol. The molecule has 0 saturated heterocycles. The van der Waals surface area contributed by atoms with Gasteiger partial charge in [-0.3, -0.25) is 4.68 Å². The molecule has 0 amide bonds. The molecule has 0 saturated carbocycles. The molecule has 1 heterocycles. The topological polar surface area (TPSA) is 52.0 Å². The highest BCUT2D eigenvalue weighted by Gasteiger charge is 1.96. The summed E-state index contributed by atoms with van der Waals surface area (Å²) >= 11 is 0. The van der Waals surface area contributed by atoms with Crippen LogP contribution in [0, 0.1) is 0 Å². The minimum absolute atomic E-state index is 0.275. The van der Waals surface area contributed by atoms with E-state index in [0.29, 0.717) is 6.54 Å². The van der Waals surface area contributed by atoms with E-state index in [9.17, 15) is 8.42 Å². The molecule has 0 aromatic carbocycles. The number of aromatic nitrogens is 2. The van der Waals surface area contributed by atoms with Crippen molar-refractivity contribution in [1.82, 2.24) is 9.78 Å². The first-order valence-electron chi connectivity index (χ1n) is 2.91. The Morgan fingerprint density at radius 3 is 2.70 bits per heavy atom. The second-order valence-corrected chi connectivity index (χ2v) is 2.84. The largest absolute Gasteiger partial charge is 0.272 e. The maximum atomic E-state index is 10.3. The second-order valence-electron chi connectivity index (χ2n) is 1.81. The second kappa shape index (κ2) is 2.83. The lowest BCUT2D eigenvalue weighted by molar-refractivity contribution is 0.614. The fourth-order valence-electron chi connectivity index (χ4n) is 0.620. The molecule has 0 aliphatic heterocycles. The highest BCUT2D eigenvalue weighted by Crippen LogP contribution is 1.97. The van der Waals surface area contributed by atoms with Crippen molar-refractivity contribution >= 4 is 10.7 Å². The van der Waals surface area contributed by atoms with Crippen LogP contribution in [0.5, 0.6) is 0 Å². The van der Waals surface area contributed by atoms with Gasteiger partial charge in [-0.2, -0.15) is 5.10 Å².